The maximum absolute atomic E-state index is 13.3. The molecule has 0 radical (unpaired) electrons. The van der Waals surface area contributed by atoms with E-state index >= 15 is 0 Å². The number of hydrogen-bond donors (Lipinski definition) is 1. The number of aromatic nitrogens is 1. The third-order valence-corrected chi connectivity index (χ3v) is 5.31. The van der Waals surface area contributed by atoms with Gasteiger partial charge in [-0.25, -0.2) is 9.37 Å². The Morgan fingerprint density at radius 2 is 2.08 bits per heavy atom. The first kappa shape index (κ1) is 18.7. The van der Waals surface area contributed by atoms with Gasteiger partial charge in [0.05, 0.1) is 5.56 Å². The summed E-state index contributed by atoms with van der Waals surface area (Å²) >= 11 is 1.58. The predicted molar refractivity (Wildman–Crippen MR) is 104 cm³/mol. The van der Waals surface area contributed by atoms with Crippen LogP contribution in [0.4, 0.5) is 10.2 Å². The fourth-order valence-electron chi connectivity index (χ4n) is 3.17. The van der Waals surface area contributed by atoms with Gasteiger partial charge in [-0.3, -0.25) is 4.79 Å². The van der Waals surface area contributed by atoms with E-state index in [0.29, 0.717) is 12.1 Å². The van der Waals surface area contributed by atoms with E-state index in [4.69, 9.17) is 4.98 Å². The lowest BCUT2D eigenvalue weighted by atomic mass is 10.1. The predicted octanol–water partition coefficient (Wildman–Crippen LogP) is 4.17. The van der Waals surface area contributed by atoms with Crippen LogP contribution >= 0.6 is 11.8 Å². The number of aryl methyl sites for hydroxylation is 1. The van der Waals surface area contributed by atoms with Gasteiger partial charge >= 0.3 is 0 Å². The number of benzene rings is 1. The van der Waals surface area contributed by atoms with E-state index in [1.807, 2.05) is 13.0 Å². The second-order valence-electron chi connectivity index (χ2n) is 6.42. The smallest absolute Gasteiger partial charge is 0.254 e. The maximum Gasteiger partial charge on any atom is 0.254 e. The van der Waals surface area contributed by atoms with Crippen LogP contribution in [0, 0.1) is 12.7 Å². The lowest BCUT2D eigenvalue weighted by Crippen LogP contribution is -2.26. The van der Waals surface area contributed by atoms with E-state index in [1.54, 1.807) is 23.9 Å². The number of amides is 1. The summed E-state index contributed by atoms with van der Waals surface area (Å²) in [6.07, 6.45) is 2.37. The highest BCUT2D eigenvalue weighted by Crippen LogP contribution is 2.29. The molecule has 2 heterocycles. The summed E-state index contributed by atoms with van der Waals surface area (Å²) in [5.41, 5.74) is 2.29. The standard InChI is InChI=1S/C20H24FN3OS/c1-3-26-20-18(14(2)11-17(23-20)24-9-4-5-10-24)19(25)22-13-15-7-6-8-16(21)12-15/h6-8,11-12H,3-5,9-10,13H2,1-2H3,(H,22,25). The zero-order valence-corrected chi connectivity index (χ0v) is 16.0. The number of halogens is 1. The lowest BCUT2D eigenvalue weighted by molar-refractivity contribution is 0.0946. The Labute approximate surface area is 158 Å². The summed E-state index contributed by atoms with van der Waals surface area (Å²) in [5, 5.41) is 3.67. The molecule has 0 bridgehead atoms. The third kappa shape index (κ3) is 4.36. The zero-order chi connectivity index (χ0) is 18.5. The minimum Gasteiger partial charge on any atom is -0.357 e. The first-order valence-electron chi connectivity index (χ1n) is 9.00. The van der Waals surface area contributed by atoms with Crippen molar-refractivity contribution >= 4 is 23.5 Å². The van der Waals surface area contributed by atoms with E-state index < -0.39 is 0 Å². The highest BCUT2D eigenvalue weighted by Gasteiger charge is 2.21. The molecule has 0 spiro atoms. The van der Waals surface area contributed by atoms with Gasteiger partial charge in [-0.15, -0.1) is 11.8 Å². The van der Waals surface area contributed by atoms with Gasteiger partial charge in [0.1, 0.15) is 16.7 Å². The Kier molecular flexibility index (Phi) is 6.14. The molecule has 2 aromatic rings. The molecule has 0 unspecified atom stereocenters. The largest absolute Gasteiger partial charge is 0.357 e. The zero-order valence-electron chi connectivity index (χ0n) is 15.2. The Morgan fingerprint density at radius 1 is 1.31 bits per heavy atom. The molecule has 0 aliphatic carbocycles. The highest BCUT2D eigenvalue weighted by molar-refractivity contribution is 7.99. The molecule has 4 nitrogen and oxygen atoms in total. The minimum atomic E-state index is -0.299. The molecular weight excluding hydrogens is 349 g/mol. The van der Waals surface area contributed by atoms with Crippen LogP contribution in [0.15, 0.2) is 35.4 Å². The molecular formula is C20H24FN3OS. The topological polar surface area (TPSA) is 45.2 Å². The van der Waals surface area contributed by atoms with Gasteiger partial charge in [0.25, 0.3) is 5.91 Å². The van der Waals surface area contributed by atoms with Gasteiger partial charge < -0.3 is 10.2 Å². The van der Waals surface area contributed by atoms with Crippen LogP contribution < -0.4 is 10.2 Å². The number of thioether (sulfide) groups is 1. The summed E-state index contributed by atoms with van der Waals surface area (Å²) < 4.78 is 13.3. The fourth-order valence-corrected chi connectivity index (χ4v) is 4.00. The molecule has 1 aromatic heterocycles. The van der Waals surface area contributed by atoms with Crippen molar-refractivity contribution in [3.63, 3.8) is 0 Å². The van der Waals surface area contributed by atoms with Crippen LogP contribution in [0.3, 0.4) is 0 Å². The molecule has 1 fully saturated rings. The number of anilines is 1. The van der Waals surface area contributed by atoms with Crippen LogP contribution in [-0.2, 0) is 6.54 Å². The van der Waals surface area contributed by atoms with E-state index in [-0.39, 0.29) is 11.7 Å². The summed E-state index contributed by atoms with van der Waals surface area (Å²) in [4.78, 5) is 19.8. The number of pyridine rings is 1. The molecule has 3 rings (SSSR count). The van der Waals surface area contributed by atoms with E-state index in [0.717, 1.165) is 40.8 Å². The van der Waals surface area contributed by atoms with Crippen LogP contribution in [0.5, 0.6) is 0 Å². The number of rotatable bonds is 6. The first-order valence-corrected chi connectivity index (χ1v) is 9.99. The van der Waals surface area contributed by atoms with Crippen LogP contribution in [0.1, 0.15) is 41.3 Å². The molecule has 6 heteroatoms. The second-order valence-corrected chi connectivity index (χ2v) is 7.67. The van der Waals surface area contributed by atoms with Gasteiger partial charge in [-0.2, -0.15) is 0 Å². The average molecular weight is 373 g/mol. The first-order chi connectivity index (χ1) is 12.6. The van der Waals surface area contributed by atoms with Crippen molar-refractivity contribution in [3.8, 4) is 0 Å². The van der Waals surface area contributed by atoms with Gasteiger partial charge in [0.2, 0.25) is 0 Å². The van der Waals surface area contributed by atoms with Crippen molar-refractivity contribution in [2.24, 2.45) is 0 Å². The van der Waals surface area contributed by atoms with Crippen LogP contribution in [-0.4, -0.2) is 29.7 Å². The molecule has 1 N–H and O–H groups in total. The molecule has 26 heavy (non-hydrogen) atoms. The molecule has 0 saturated carbocycles. The number of carbonyl (C=O) groups excluding carboxylic acids is 1. The molecule has 0 atom stereocenters. The van der Waals surface area contributed by atoms with Crippen LogP contribution in [0.2, 0.25) is 0 Å². The van der Waals surface area contributed by atoms with E-state index in [2.05, 4.69) is 17.1 Å². The lowest BCUT2D eigenvalue weighted by Gasteiger charge is -2.20. The van der Waals surface area contributed by atoms with Gasteiger partial charge in [0.15, 0.2) is 0 Å². The molecule has 1 saturated heterocycles. The summed E-state index contributed by atoms with van der Waals surface area (Å²) in [6.45, 7) is 6.35. The minimum absolute atomic E-state index is 0.164. The summed E-state index contributed by atoms with van der Waals surface area (Å²) in [5.74, 6) is 1.34. The normalized spacial score (nSPS) is 13.9. The van der Waals surface area contributed by atoms with Crippen molar-refractivity contribution < 1.29 is 9.18 Å². The van der Waals surface area contributed by atoms with Gasteiger partial charge in [0, 0.05) is 19.6 Å². The maximum atomic E-state index is 13.3. The van der Waals surface area contributed by atoms with Crippen molar-refractivity contribution in [2.45, 2.75) is 38.3 Å². The SMILES string of the molecule is CCSc1nc(N2CCCC2)cc(C)c1C(=O)NCc1cccc(F)c1. The number of carbonyl (C=O) groups is 1. The Hall–Kier alpha value is -2.08. The number of hydrogen-bond acceptors (Lipinski definition) is 4. The summed E-state index contributed by atoms with van der Waals surface area (Å²) in [6, 6.07) is 8.28. The van der Waals surface area contributed by atoms with E-state index in [1.165, 1.54) is 25.0 Å². The monoisotopic (exact) mass is 373 g/mol. The van der Waals surface area contributed by atoms with E-state index in [9.17, 15) is 9.18 Å². The molecule has 1 aromatic carbocycles. The Bertz CT molecular complexity index is 791. The number of nitrogens with one attached hydrogen (secondary N) is 1. The van der Waals surface area contributed by atoms with Crippen molar-refractivity contribution in [3.05, 3.63) is 52.8 Å². The molecule has 1 amide bonds. The van der Waals surface area contributed by atoms with Crippen molar-refractivity contribution in [1.82, 2.24) is 10.3 Å². The van der Waals surface area contributed by atoms with Crippen molar-refractivity contribution in [2.75, 3.05) is 23.7 Å². The molecule has 1 aliphatic heterocycles. The quantitative estimate of drug-likeness (QED) is 0.772. The number of nitrogens with zero attached hydrogens (tertiary/aromatic N) is 2. The molecule has 138 valence electrons. The van der Waals surface area contributed by atoms with Gasteiger partial charge in [-0.05, 0) is 54.8 Å². The fraction of sp³-hybridized carbons (Fsp3) is 0.400. The highest BCUT2D eigenvalue weighted by atomic mass is 32.2. The van der Waals surface area contributed by atoms with Crippen molar-refractivity contribution in [1.29, 1.82) is 0 Å². The Balaban J connectivity index is 1.81. The van der Waals surface area contributed by atoms with Gasteiger partial charge in [-0.1, -0.05) is 19.1 Å². The second kappa shape index (κ2) is 8.54. The van der Waals surface area contributed by atoms with Crippen LogP contribution in [0.25, 0.3) is 0 Å². The Morgan fingerprint density at radius 3 is 2.77 bits per heavy atom. The summed E-state index contributed by atoms with van der Waals surface area (Å²) in [7, 11) is 0. The third-order valence-electron chi connectivity index (χ3n) is 4.45. The molecule has 1 aliphatic rings. The average Bonchev–Trinajstić information content (AvgIpc) is 3.14.